The van der Waals surface area contributed by atoms with Crippen LogP contribution in [0.4, 0.5) is 23.3 Å². The Morgan fingerprint density at radius 1 is 1.25 bits per heavy atom. The van der Waals surface area contributed by atoms with Crippen LogP contribution in [-0.2, 0) is 4.74 Å². The lowest BCUT2D eigenvalue weighted by Crippen LogP contribution is -2.50. The topological polar surface area (TPSA) is 129 Å². The number of anilines is 4. The molecule has 1 saturated carbocycles. The third-order valence-electron chi connectivity index (χ3n) is 5.81. The van der Waals surface area contributed by atoms with Crippen molar-refractivity contribution in [1.82, 2.24) is 24.9 Å². The summed E-state index contributed by atoms with van der Waals surface area (Å²) in [6.45, 7) is 2.19. The van der Waals surface area contributed by atoms with Gasteiger partial charge in [0.15, 0.2) is 5.65 Å². The van der Waals surface area contributed by atoms with Gasteiger partial charge in [-0.05, 0) is 31.4 Å². The minimum Gasteiger partial charge on any atom is -0.391 e. The van der Waals surface area contributed by atoms with E-state index in [2.05, 4.69) is 35.9 Å². The second-order valence-electron chi connectivity index (χ2n) is 7.96. The summed E-state index contributed by atoms with van der Waals surface area (Å²) in [5.41, 5.74) is 0.752. The van der Waals surface area contributed by atoms with Crippen LogP contribution in [-0.4, -0.2) is 69.7 Å². The van der Waals surface area contributed by atoms with Crippen LogP contribution in [0.2, 0.25) is 0 Å². The van der Waals surface area contributed by atoms with Crippen LogP contribution in [0.25, 0.3) is 5.65 Å². The van der Waals surface area contributed by atoms with Crippen molar-refractivity contribution < 1.29 is 14.6 Å². The summed E-state index contributed by atoms with van der Waals surface area (Å²) in [4.78, 5) is 24.2. The van der Waals surface area contributed by atoms with Gasteiger partial charge < -0.3 is 30.7 Å². The molecule has 11 nitrogen and oxygen atoms in total. The van der Waals surface area contributed by atoms with E-state index in [9.17, 15) is 9.90 Å². The lowest BCUT2D eigenvalue weighted by Gasteiger charge is -2.32. The Hall–Kier alpha value is -3.44. The molecule has 2 atom stereocenters. The summed E-state index contributed by atoms with van der Waals surface area (Å²) in [5.74, 6) is 2.35. The molecular weight excluding hydrogens is 412 g/mol. The van der Waals surface area contributed by atoms with Crippen molar-refractivity contribution in [3.05, 3.63) is 36.0 Å². The van der Waals surface area contributed by atoms with Gasteiger partial charge in [0.25, 0.3) is 5.91 Å². The maximum atomic E-state index is 12.8. The number of carbonyl (C=O) groups excluding carboxylic acids is 1. The van der Waals surface area contributed by atoms with Gasteiger partial charge in [0.05, 0.1) is 24.9 Å². The minimum absolute atomic E-state index is 0.228. The summed E-state index contributed by atoms with van der Waals surface area (Å²) in [6, 6.07) is 7.31. The fraction of sp³-hybridized carbons (Fsp3) is 0.429. The first kappa shape index (κ1) is 20.5. The second-order valence-corrected chi connectivity index (χ2v) is 7.96. The van der Waals surface area contributed by atoms with Crippen LogP contribution >= 0.6 is 0 Å². The quantitative estimate of drug-likeness (QED) is 0.451. The van der Waals surface area contributed by atoms with E-state index in [0.717, 1.165) is 31.8 Å². The van der Waals surface area contributed by atoms with E-state index < -0.39 is 6.10 Å². The molecule has 0 bridgehead atoms. The maximum absolute atomic E-state index is 12.8. The fourth-order valence-electron chi connectivity index (χ4n) is 3.84. The molecule has 2 aliphatic rings. The van der Waals surface area contributed by atoms with Crippen molar-refractivity contribution in [1.29, 1.82) is 0 Å². The molecule has 3 aromatic heterocycles. The monoisotopic (exact) mass is 438 g/mol. The van der Waals surface area contributed by atoms with Gasteiger partial charge in [-0.3, -0.25) is 4.79 Å². The molecule has 1 amide bonds. The van der Waals surface area contributed by atoms with Gasteiger partial charge in [0, 0.05) is 19.7 Å². The zero-order valence-corrected chi connectivity index (χ0v) is 17.8. The number of rotatable bonds is 6. The second kappa shape index (κ2) is 8.60. The Bertz CT molecular complexity index is 1130. The predicted molar refractivity (Wildman–Crippen MR) is 119 cm³/mol. The number of nitrogens with zero attached hydrogens (tertiary/aromatic N) is 5. The number of ether oxygens (including phenoxy) is 1. The summed E-state index contributed by atoms with van der Waals surface area (Å²) in [5, 5.41) is 23.3. The molecule has 4 heterocycles. The first-order valence-corrected chi connectivity index (χ1v) is 10.7. The smallest absolute Gasteiger partial charge is 0.257 e. The number of carbonyl (C=O) groups is 1. The van der Waals surface area contributed by atoms with Crippen LogP contribution in [0, 0.1) is 0 Å². The van der Waals surface area contributed by atoms with Gasteiger partial charge >= 0.3 is 0 Å². The van der Waals surface area contributed by atoms with Crippen molar-refractivity contribution in [2.45, 2.75) is 31.4 Å². The van der Waals surface area contributed by atoms with Gasteiger partial charge in [-0.15, -0.1) is 0 Å². The molecule has 1 saturated heterocycles. The number of pyridine rings is 1. The molecule has 11 heteroatoms. The van der Waals surface area contributed by atoms with Crippen LogP contribution in [0.1, 0.15) is 29.6 Å². The summed E-state index contributed by atoms with van der Waals surface area (Å²) >= 11 is 0. The highest BCUT2D eigenvalue weighted by Crippen LogP contribution is 2.24. The highest BCUT2D eigenvalue weighted by Gasteiger charge is 2.31. The average Bonchev–Trinajstić information content (AvgIpc) is 3.26. The van der Waals surface area contributed by atoms with E-state index in [1.54, 1.807) is 17.6 Å². The predicted octanol–water partition coefficient (Wildman–Crippen LogP) is 1.35. The summed E-state index contributed by atoms with van der Waals surface area (Å²) in [7, 11) is 1.78. The number of amides is 1. The van der Waals surface area contributed by atoms with E-state index in [-0.39, 0.29) is 11.9 Å². The molecule has 4 N–H and O–H groups in total. The van der Waals surface area contributed by atoms with Crippen LogP contribution in [0.15, 0.2) is 30.5 Å². The number of hydrogen-bond donors (Lipinski definition) is 4. The van der Waals surface area contributed by atoms with Crippen molar-refractivity contribution in [3.63, 3.8) is 0 Å². The van der Waals surface area contributed by atoms with Gasteiger partial charge in [0.2, 0.25) is 0 Å². The maximum Gasteiger partial charge on any atom is 0.257 e. The molecule has 32 heavy (non-hydrogen) atoms. The van der Waals surface area contributed by atoms with Gasteiger partial charge in [0.1, 0.15) is 35.6 Å². The molecule has 0 aromatic carbocycles. The van der Waals surface area contributed by atoms with E-state index >= 15 is 0 Å². The number of aliphatic hydroxyl groups is 1. The first-order valence-electron chi connectivity index (χ1n) is 10.7. The lowest BCUT2D eigenvalue weighted by atomic mass is 9.89. The molecule has 3 aromatic rings. The molecule has 0 unspecified atom stereocenters. The molecule has 0 spiro atoms. The number of hydrogen-bond acceptors (Lipinski definition) is 9. The average molecular weight is 438 g/mol. The van der Waals surface area contributed by atoms with Gasteiger partial charge in [-0.2, -0.15) is 9.61 Å². The summed E-state index contributed by atoms with van der Waals surface area (Å²) < 4.78 is 7.10. The molecule has 1 aliphatic carbocycles. The number of nitrogens with one attached hydrogen (secondary N) is 3. The van der Waals surface area contributed by atoms with Crippen LogP contribution < -0.4 is 20.9 Å². The van der Waals surface area contributed by atoms with Crippen molar-refractivity contribution in [3.8, 4) is 0 Å². The Labute approximate surface area is 184 Å². The normalized spacial score (nSPS) is 20.6. The Balaban J connectivity index is 1.42. The number of fused-ring (bicyclic) bond motifs is 1. The highest BCUT2D eigenvalue weighted by molar-refractivity contribution is 6.00. The third kappa shape index (κ3) is 3.92. The number of aliphatic hydroxyl groups excluding tert-OH is 1. The van der Waals surface area contributed by atoms with Crippen LogP contribution in [0.5, 0.6) is 0 Å². The van der Waals surface area contributed by atoms with Crippen LogP contribution in [0.3, 0.4) is 0 Å². The molecule has 2 fully saturated rings. The van der Waals surface area contributed by atoms with E-state index in [1.807, 2.05) is 18.2 Å². The van der Waals surface area contributed by atoms with Crippen molar-refractivity contribution in [2.24, 2.45) is 0 Å². The molecule has 5 rings (SSSR count). The molecular formula is C21H26N8O3. The largest absolute Gasteiger partial charge is 0.391 e. The molecule has 168 valence electrons. The zero-order valence-electron chi connectivity index (χ0n) is 17.8. The van der Waals surface area contributed by atoms with E-state index in [0.29, 0.717) is 41.8 Å². The highest BCUT2D eigenvalue weighted by atomic mass is 16.5. The van der Waals surface area contributed by atoms with E-state index in [1.165, 1.54) is 6.20 Å². The SMILES string of the molecule is CNc1cc(Nc2cccc(N3CCCOC3)n2)nc2c(C(=O)N[C@@H]3CC[C@@H]3O)cnn12. The third-order valence-corrected chi connectivity index (χ3v) is 5.81. The lowest BCUT2D eigenvalue weighted by molar-refractivity contribution is 0.0448. The Morgan fingerprint density at radius 2 is 2.16 bits per heavy atom. The zero-order chi connectivity index (χ0) is 22.1. The van der Waals surface area contributed by atoms with Gasteiger partial charge in [-0.1, -0.05) is 6.07 Å². The molecule has 1 aliphatic heterocycles. The minimum atomic E-state index is -0.498. The number of aromatic nitrogens is 4. The van der Waals surface area contributed by atoms with Crippen molar-refractivity contribution in [2.75, 3.05) is 42.5 Å². The fourth-order valence-corrected chi connectivity index (χ4v) is 3.84. The van der Waals surface area contributed by atoms with Crippen molar-refractivity contribution >= 4 is 34.8 Å². The Morgan fingerprint density at radius 3 is 2.88 bits per heavy atom. The summed E-state index contributed by atoms with van der Waals surface area (Å²) in [6.07, 6.45) is 3.42. The van der Waals surface area contributed by atoms with Gasteiger partial charge in [-0.25, -0.2) is 9.97 Å². The Kier molecular flexibility index (Phi) is 5.50. The van der Waals surface area contributed by atoms with E-state index in [4.69, 9.17) is 4.74 Å². The molecule has 0 radical (unpaired) electrons. The standard InChI is InChI=1S/C21H26N8O3/c1-22-19-10-17(25-16-4-2-5-18(26-16)28-8-3-9-32-12-28)27-20-13(11-23-29(19)20)21(31)24-14-6-7-15(14)30/h2,4-5,10-11,14-15,22,30H,3,6-9,12H2,1H3,(H,24,31)(H,25,26,27)/t14-,15+/m1/s1. The first-order chi connectivity index (χ1) is 15.6.